The molecule has 2 atom stereocenters. The summed E-state index contributed by atoms with van der Waals surface area (Å²) in [5, 5.41) is 22.4. The highest BCUT2D eigenvalue weighted by Gasteiger charge is 2.19. The minimum atomic E-state index is -0.635. The molecule has 8 rings (SSSR count). The highest BCUT2D eigenvalue weighted by atomic mass is 16.3. The van der Waals surface area contributed by atoms with Crippen LogP contribution < -0.4 is 0 Å². The van der Waals surface area contributed by atoms with Crippen LogP contribution in [-0.4, -0.2) is 10.2 Å². The van der Waals surface area contributed by atoms with Gasteiger partial charge in [-0.05, 0) is 70.2 Å². The van der Waals surface area contributed by atoms with Crippen LogP contribution in [0.1, 0.15) is 56.7 Å². The summed E-state index contributed by atoms with van der Waals surface area (Å²) in [7, 11) is 0. The fourth-order valence-corrected chi connectivity index (χ4v) is 4.75. The number of aliphatic hydroxyl groups excluding tert-OH is 2. The highest BCUT2D eigenvalue weighted by Crippen LogP contribution is 2.31. The third-order valence-corrected chi connectivity index (χ3v) is 6.61. The summed E-state index contributed by atoms with van der Waals surface area (Å²) in [6.07, 6.45) is 2.15. The van der Waals surface area contributed by atoms with E-state index in [-0.39, 0.29) is 0 Å². The fraction of sp³-hybridized carbons (Fsp3) is 0.200. The van der Waals surface area contributed by atoms with Crippen LogP contribution in [0.4, 0.5) is 0 Å². The molecule has 0 aliphatic heterocycles. The number of rotatable bonds is 4. The molecule has 160 valence electrons. The van der Waals surface area contributed by atoms with E-state index in [1.54, 1.807) is 0 Å². The van der Waals surface area contributed by atoms with Gasteiger partial charge < -0.3 is 10.2 Å². The number of aryl methyl sites for hydroxylation is 4. The van der Waals surface area contributed by atoms with E-state index in [0.717, 1.165) is 59.1 Å². The molecule has 0 saturated carbocycles. The lowest BCUT2D eigenvalue weighted by atomic mass is 9.86. The average Bonchev–Trinajstić information content (AvgIpc) is 2.85. The molecule has 0 heterocycles. The number of benzene rings is 4. The lowest BCUT2D eigenvalue weighted by Gasteiger charge is -2.21. The predicted molar refractivity (Wildman–Crippen MR) is 129 cm³/mol. The molecule has 32 heavy (non-hydrogen) atoms. The minimum Gasteiger partial charge on any atom is -0.384 e. The van der Waals surface area contributed by atoms with Crippen LogP contribution in [0.15, 0.2) is 97.1 Å². The molecule has 0 saturated heterocycles. The normalized spacial score (nSPS) is 15.1. The molecule has 2 N–H and O–H groups in total. The maximum absolute atomic E-state index is 11.2. The summed E-state index contributed by atoms with van der Waals surface area (Å²) in [5.74, 6) is 0. The number of hydrogen-bond donors (Lipinski definition) is 2. The van der Waals surface area contributed by atoms with Crippen molar-refractivity contribution in [2.75, 3.05) is 0 Å². The maximum Gasteiger partial charge on any atom is 0.104 e. The molecule has 0 fully saturated rings. The zero-order valence-electron chi connectivity index (χ0n) is 18.1. The van der Waals surface area contributed by atoms with Gasteiger partial charge in [0.1, 0.15) is 12.2 Å². The summed E-state index contributed by atoms with van der Waals surface area (Å²) in [5.41, 5.74) is 8.61. The van der Waals surface area contributed by atoms with Crippen molar-refractivity contribution >= 4 is 0 Å². The Morgan fingerprint density at radius 1 is 0.469 bits per heavy atom. The topological polar surface area (TPSA) is 40.5 Å². The lowest BCUT2D eigenvalue weighted by Crippen LogP contribution is -2.10. The Labute approximate surface area is 189 Å². The van der Waals surface area contributed by atoms with Crippen molar-refractivity contribution in [3.63, 3.8) is 0 Å². The van der Waals surface area contributed by atoms with Gasteiger partial charge in [0.2, 0.25) is 0 Å². The zero-order chi connectivity index (χ0) is 21.9. The average molecular weight is 421 g/mol. The van der Waals surface area contributed by atoms with Crippen LogP contribution in [0.5, 0.6) is 0 Å². The van der Waals surface area contributed by atoms with Gasteiger partial charge in [0.25, 0.3) is 0 Å². The largest absolute Gasteiger partial charge is 0.384 e. The summed E-state index contributed by atoms with van der Waals surface area (Å²) >= 11 is 0. The third kappa shape index (κ3) is 4.25. The van der Waals surface area contributed by atoms with Crippen LogP contribution in [0.2, 0.25) is 0 Å². The molecule has 4 bridgehead atoms. The molecule has 0 spiro atoms. The van der Waals surface area contributed by atoms with Gasteiger partial charge in [-0.3, -0.25) is 0 Å². The molecule has 0 aromatic heterocycles. The SMILES string of the molecule is OC(c1ccccc1)c1cc2ccc1CCc1ccc(cc1C(O)c1ccccc1)CC2. The smallest absolute Gasteiger partial charge is 0.104 e. The lowest BCUT2D eigenvalue weighted by molar-refractivity contribution is 0.218. The Morgan fingerprint density at radius 3 is 1.28 bits per heavy atom. The highest BCUT2D eigenvalue weighted by molar-refractivity contribution is 5.43. The molecule has 0 radical (unpaired) electrons. The number of hydrogen-bond acceptors (Lipinski definition) is 2. The molecule has 2 heteroatoms. The summed E-state index contributed by atoms with van der Waals surface area (Å²) < 4.78 is 0. The van der Waals surface area contributed by atoms with E-state index in [9.17, 15) is 10.2 Å². The maximum atomic E-state index is 11.2. The van der Waals surface area contributed by atoms with Gasteiger partial charge in [0, 0.05) is 0 Å². The van der Waals surface area contributed by atoms with Crippen LogP contribution in [0.25, 0.3) is 0 Å². The van der Waals surface area contributed by atoms with E-state index in [2.05, 4.69) is 36.4 Å². The Morgan fingerprint density at radius 2 is 0.875 bits per heavy atom. The Kier molecular flexibility index (Phi) is 5.89. The van der Waals surface area contributed by atoms with E-state index in [0.29, 0.717) is 0 Å². The molecule has 4 aromatic carbocycles. The van der Waals surface area contributed by atoms with E-state index < -0.39 is 12.2 Å². The molecule has 2 unspecified atom stereocenters. The molecule has 2 nitrogen and oxygen atoms in total. The molecule has 4 aliphatic rings. The second-order valence-electron chi connectivity index (χ2n) is 8.69. The van der Waals surface area contributed by atoms with E-state index in [1.807, 2.05) is 60.7 Å². The van der Waals surface area contributed by atoms with Gasteiger partial charge in [-0.15, -0.1) is 0 Å². The van der Waals surface area contributed by atoms with E-state index >= 15 is 0 Å². The predicted octanol–water partition coefficient (Wildman–Crippen LogP) is 5.73. The van der Waals surface area contributed by atoms with Gasteiger partial charge in [0.05, 0.1) is 0 Å². The standard InChI is InChI=1S/C30H28O2/c31-29(25-7-3-1-4-8-25)27-19-21-11-12-22-14-16-24(18-17-23(27)15-13-21)28(20-22)30(32)26-9-5-2-6-10-26/h1-10,13-16,19-20,29-32H,11-12,17-18H2. The molecular weight excluding hydrogens is 392 g/mol. The van der Waals surface area contributed by atoms with Crippen LogP contribution in [0, 0.1) is 0 Å². The van der Waals surface area contributed by atoms with Crippen LogP contribution in [0.3, 0.4) is 0 Å². The molecule has 4 aromatic rings. The Bertz CT molecular complexity index is 1100. The zero-order valence-corrected chi connectivity index (χ0v) is 18.1. The van der Waals surface area contributed by atoms with Gasteiger partial charge in [-0.25, -0.2) is 0 Å². The monoisotopic (exact) mass is 420 g/mol. The van der Waals surface area contributed by atoms with E-state index in [4.69, 9.17) is 0 Å². The van der Waals surface area contributed by atoms with Gasteiger partial charge in [0.15, 0.2) is 0 Å². The van der Waals surface area contributed by atoms with Crippen LogP contribution in [-0.2, 0) is 25.7 Å². The number of aliphatic hydroxyl groups is 2. The van der Waals surface area contributed by atoms with Gasteiger partial charge in [-0.2, -0.15) is 0 Å². The van der Waals surface area contributed by atoms with Gasteiger partial charge in [-0.1, -0.05) is 97.1 Å². The Balaban J connectivity index is 1.52. The second-order valence-corrected chi connectivity index (χ2v) is 8.69. The van der Waals surface area contributed by atoms with Crippen LogP contribution >= 0.6 is 0 Å². The first kappa shape index (κ1) is 20.7. The first-order valence-corrected chi connectivity index (χ1v) is 11.4. The van der Waals surface area contributed by atoms with Crippen molar-refractivity contribution in [2.24, 2.45) is 0 Å². The molecule has 0 amide bonds. The quantitative estimate of drug-likeness (QED) is 0.442. The third-order valence-electron chi connectivity index (χ3n) is 6.61. The van der Waals surface area contributed by atoms with Crippen molar-refractivity contribution in [2.45, 2.75) is 37.9 Å². The van der Waals surface area contributed by atoms with Crippen molar-refractivity contribution < 1.29 is 10.2 Å². The molecule has 4 aliphatic carbocycles. The van der Waals surface area contributed by atoms with E-state index in [1.165, 1.54) is 11.1 Å². The fourth-order valence-electron chi connectivity index (χ4n) is 4.75. The van der Waals surface area contributed by atoms with Crippen molar-refractivity contribution in [3.05, 3.63) is 142 Å². The summed E-state index contributed by atoms with van der Waals surface area (Å²) in [6.45, 7) is 0. The first-order valence-electron chi connectivity index (χ1n) is 11.4. The molecular formula is C30H28O2. The van der Waals surface area contributed by atoms with Gasteiger partial charge >= 0.3 is 0 Å². The summed E-state index contributed by atoms with van der Waals surface area (Å²) in [6, 6.07) is 32.9. The van der Waals surface area contributed by atoms with Crippen molar-refractivity contribution in [1.29, 1.82) is 0 Å². The minimum absolute atomic E-state index is 0.635. The van der Waals surface area contributed by atoms with Crippen molar-refractivity contribution in [1.82, 2.24) is 0 Å². The second kappa shape index (κ2) is 9.12. The van der Waals surface area contributed by atoms with Crippen molar-refractivity contribution in [3.8, 4) is 0 Å². The Hall–Kier alpha value is -3.20. The summed E-state index contributed by atoms with van der Waals surface area (Å²) in [4.78, 5) is 0. The first-order chi connectivity index (χ1) is 15.7.